The van der Waals surface area contributed by atoms with Crippen molar-refractivity contribution in [2.75, 3.05) is 19.8 Å². The molecule has 0 spiro atoms. The van der Waals surface area contributed by atoms with E-state index >= 15 is 0 Å². The summed E-state index contributed by atoms with van der Waals surface area (Å²) in [5, 5.41) is -0.204. The van der Waals surface area contributed by atoms with Gasteiger partial charge in [-0.1, -0.05) is 0 Å². The molecule has 5 heteroatoms. The first-order chi connectivity index (χ1) is 5.97. The van der Waals surface area contributed by atoms with Crippen molar-refractivity contribution in [3.05, 3.63) is 0 Å². The maximum Gasteiger partial charge on any atom is 0.180 e. The van der Waals surface area contributed by atoms with E-state index in [4.69, 9.17) is 14.2 Å². The van der Waals surface area contributed by atoms with Crippen molar-refractivity contribution in [1.29, 1.82) is 0 Å². The molecule has 0 saturated carbocycles. The summed E-state index contributed by atoms with van der Waals surface area (Å²) in [4.78, 5) is 0. The molecule has 3 nitrogen and oxygen atoms in total. The molecule has 1 rings (SSSR count). The van der Waals surface area contributed by atoms with Crippen molar-refractivity contribution in [3.63, 3.8) is 0 Å². The molecular weight excluding hydrogens is 206 g/mol. The largest absolute Gasteiger partial charge is 0.366 e. The second kappa shape index (κ2) is 5.00. The smallest absolute Gasteiger partial charge is 0.180 e. The van der Waals surface area contributed by atoms with Crippen LogP contribution in [0.4, 0.5) is 0 Å². The van der Waals surface area contributed by atoms with Gasteiger partial charge in [-0.25, -0.2) is 0 Å². The van der Waals surface area contributed by atoms with Crippen LogP contribution in [-0.4, -0.2) is 37.1 Å². The first kappa shape index (κ1) is 11.8. The van der Waals surface area contributed by atoms with E-state index in [0.29, 0.717) is 12.3 Å². The molecule has 0 amide bonds. The van der Waals surface area contributed by atoms with Crippen LogP contribution in [0.5, 0.6) is 0 Å². The van der Waals surface area contributed by atoms with Gasteiger partial charge < -0.3 is 14.2 Å². The zero-order chi connectivity index (χ0) is 9.90. The van der Waals surface area contributed by atoms with Crippen molar-refractivity contribution in [2.24, 2.45) is 0 Å². The van der Waals surface area contributed by atoms with E-state index in [2.05, 4.69) is 18.5 Å². The van der Waals surface area contributed by atoms with E-state index in [1.165, 1.54) is 0 Å². The second-order valence-electron chi connectivity index (χ2n) is 3.77. The number of ether oxygens (including phenoxy) is 3. The van der Waals surface area contributed by atoms with Crippen LogP contribution < -0.4 is 0 Å². The summed E-state index contributed by atoms with van der Waals surface area (Å²) in [6.45, 7) is 5.93. The fourth-order valence-corrected chi connectivity index (χ4v) is 1.26. The number of hydrogen-bond acceptors (Lipinski definition) is 3. The lowest BCUT2D eigenvalue weighted by Crippen LogP contribution is -2.36. The van der Waals surface area contributed by atoms with Gasteiger partial charge in [0, 0.05) is 5.66 Å². The average Bonchev–Trinajstić information content (AvgIpc) is 2.02. The standard InChI is InChI=1S/C8H18O3P2/c1-8(2,13)11-5-7-9-3-6(12)4-10-7/h6-7H,3-5,12-13H2,1-2H3. The maximum atomic E-state index is 5.51. The van der Waals surface area contributed by atoms with Crippen molar-refractivity contribution in [2.45, 2.75) is 31.1 Å². The van der Waals surface area contributed by atoms with Crippen molar-refractivity contribution in [1.82, 2.24) is 0 Å². The van der Waals surface area contributed by atoms with Gasteiger partial charge in [0.1, 0.15) is 0 Å². The first-order valence-corrected chi connectivity index (χ1v) is 5.63. The van der Waals surface area contributed by atoms with Gasteiger partial charge in [-0.3, -0.25) is 0 Å². The van der Waals surface area contributed by atoms with Crippen molar-refractivity contribution in [3.8, 4) is 0 Å². The Balaban J connectivity index is 2.16. The van der Waals surface area contributed by atoms with E-state index in [-0.39, 0.29) is 11.6 Å². The zero-order valence-corrected chi connectivity index (χ0v) is 10.5. The molecule has 1 saturated heterocycles. The predicted molar refractivity (Wildman–Crippen MR) is 58.9 cm³/mol. The van der Waals surface area contributed by atoms with Crippen LogP contribution in [0.3, 0.4) is 0 Å². The highest BCUT2D eigenvalue weighted by Crippen LogP contribution is 2.20. The van der Waals surface area contributed by atoms with Crippen LogP contribution in [0, 0.1) is 0 Å². The normalized spacial score (nSPS) is 30.5. The maximum absolute atomic E-state index is 5.51. The lowest BCUT2D eigenvalue weighted by molar-refractivity contribution is -0.207. The van der Waals surface area contributed by atoms with E-state index < -0.39 is 0 Å². The van der Waals surface area contributed by atoms with Gasteiger partial charge in [0.15, 0.2) is 6.29 Å². The zero-order valence-electron chi connectivity index (χ0n) is 8.16. The third-order valence-electron chi connectivity index (χ3n) is 1.58. The molecule has 1 aliphatic rings. The Morgan fingerprint density at radius 3 is 2.38 bits per heavy atom. The molecule has 2 atom stereocenters. The number of rotatable bonds is 3. The summed E-state index contributed by atoms with van der Waals surface area (Å²) in [5.41, 5.74) is 0.417. The Morgan fingerprint density at radius 1 is 1.38 bits per heavy atom. The fraction of sp³-hybridized carbons (Fsp3) is 1.00. The van der Waals surface area contributed by atoms with Gasteiger partial charge in [-0.05, 0) is 13.8 Å². The Hall–Kier alpha value is 0.740. The third kappa shape index (κ3) is 5.24. The molecule has 0 aromatic heterocycles. The van der Waals surface area contributed by atoms with Crippen LogP contribution in [0.25, 0.3) is 0 Å². The summed E-state index contributed by atoms with van der Waals surface area (Å²) in [5.74, 6) is 0. The van der Waals surface area contributed by atoms with Crippen molar-refractivity contribution < 1.29 is 14.2 Å². The Bertz CT molecular complexity index is 150. The summed E-state index contributed by atoms with van der Waals surface area (Å²) in [6, 6.07) is 0. The lowest BCUT2D eigenvalue weighted by Gasteiger charge is -2.29. The first-order valence-electron chi connectivity index (χ1n) is 4.39. The molecule has 2 unspecified atom stereocenters. The van der Waals surface area contributed by atoms with E-state index in [1.54, 1.807) is 0 Å². The van der Waals surface area contributed by atoms with Crippen LogP contribution in [0.2, 0.25) is 0 Å². The molecule has 13 heavy (non-hydrogen) atoms. The molecule has 1 fully saturated rings. The van der Waals surface area contributed by atoms with Gasteiger partial charge >= 0.3 is 0 Å². The Kier molecular flexibility index (Phi) is 4.54. The minimum absolute atomic E-state index is 0.198. The predicted octanol–water partition coefficient (Wildman–Crippen LogP) is 1.23. The Labute approximate surface area is 84.3 Å². The molecule has 1 heterocycles. The van der Waals surface area contributed by atoms with Crippen molar-refractivity contribution >= 4 is 18.5 Å². The second-order valence-corrected chi connectivity index (χ2v) is 6.10. The summed E-state index contributed by atoms with van der Waals surface area (Å²) >= 11 is 0. The lowest BCUT2D eigenvalue weighted by atomic mass is 10.4. The van der Waals surface area contributed by atoms with Gasteiger partial charge in [0.25, 0.3) is 0 Å². The summed E-state index contributed by atoms with van der Waals surface area (Å²) in [6.07, 6.45) is -0.198. The number of hydrogen-bond donors (Lipinski definition) is 0. The van der Waals surface area contributed by atoms with Crippen LogP contribution in [-0.2, 0) is 14.2 Å². The summed E-state index contributed by atoms with van der Waals surface area (Å²) in [7, 11) is 5.31. The highest BCUT2D eigenvalue weighted by Gasteiger charge is 2.21. The molecule has 0 radical (unpaired) electrons. The highest BCUT2D eigenvalue weighted by molar-refractivity contribution is 7.18. The summed E-state index contributed by atoms with van der Waals surface area (Å²) < 4.78 is 16.3. The molecule has 78 valence electrons. The molecule has 1 aliphatic heterocycles. The van der Waals surface area contributed by atoms with Crippen LogP contribution in [0.15, 0.2) is 0 Å². The average molecular weight is 224 g/mol. The molecule has 0 aromatic carbocycles. The van der Waals surface area contributed by atoms with E-state index in [9.17, 15) is 0 Å². The topological polar surface area (TPSA) is 27.7 Å². The quantitative estimate of drug-likeness (QED) is 0.675. The third-order valence-corrected chi connectivity index (χ3v) is 2.14. The molecule has 0 N–H and O–H groups in total. The minimum Gasteiger partial charge on any atom is -0.366 e. The fourth-order valence-electron chi connectivity index (χ4n) is 0.937. The van der Waals surface area contributed by atoms with Gasteiger partial charge in [-0.2, -0.15) is 0 Å². The minimum atomic E-state index is -0.204. The molecular formula is C8H18O3P2. The highest BCUT2D eigenvalue weighted by atomic mass is 31.0. The van der Waals surface area contributed by atoms with Crippen LogP contribution in [0.1, 0.15) is 13.8 Å². The van der Waals surface area contributed by atoms with E-state index in [1.807, 2.05) is 13.8 Å². The molecule has 0 aliphatic carbocycles. The van der Waals surface area contributed by atoms with E-state index in [0.717, 1.165) is 13.2 Å². The monoisotopic (exact) mass is 224 g/mol. The van der Waals surface area contributed by atoms with Gasteiger partial charge in [0.2, 0.25) is 0 Å². The SMILES string of the molecule is CC(C)(P)OCC1OCC(P)CO1. The van der Waals surface area contributed by atoms with Crippen LogP contribution >= 0.6 is 18.5 Å². The molecule has 0 aromatic rings. The van der Waals surface area contributed by atoms with Gasteiger partial charge in [-0.15, -0.1) is 18.5 Å². The molecule has 0 bridgehead atoms. The van der Waals surface area contributed by atoms with Gasteiger partial charge in [0.05, 0.1) is 25.2 Å². The Morgan fingerprint density at radius 2 is 1.92 bits per heavy atom.